The fourth-order valence-electron chi connectivity index (χ4n) is 2.54. The Morgan fingerprint density at radius 2 is 2.06 bits per heavy atom. The summed E-state index contributed by atoms with van der Waals surface area (Å²) in [6.45, 7) is 8.16. The minimum absolute atomic E-state index is 0.260. The third kappa shape index (κ3) is 3.18. The normalized spacial score (nSPS) is 32.2. The maximum Gasteiger partial charge on any atom is 0.0741 e. The fourth-order valence-corrected chi connectivity index (χ4v) is 3.89. The van der Waals surface area contributed by atoms with Gasteiger partial charge in [-0.15, -0.1) is 11.8 Å². The first-order valence-corrected chi connectivity index (χ1v) is 7.46. The van der Waals surface area contributed by atoms with Crippen molar-refractivity contribution >= 4 is 11.8 Å². The van der Waals surface area contributed by atoms with Gasteiger partial charge in [0.1, 0.15) is 0 Å². The quantitative estimate of drug-likeness (QED) is 0.821. The second kappa shape index (κ2) is 5.50. The van der Waals surface area contributed by atoms with Gasteiger partial charge in [0.05, 0.1) is 5.60 Å². The predicted molar refractivity (Wildman–Crippen MR) is 78.9 cm³/mol. The second-order valence-electron chi connectivity index (χ2n) is 5.59. The van der Waals surface area contributed by atoms with Crippen molar-refractivity contribution in [1.82, 2.24) is 0 Å². The Morgan fingerprint density at radius 1 is 1.39 bits per heavy atom. The van der Waals surface area contributed by atoms with Crippen LogP contribution in [-0.4, -0.2) is 16.0 Å². The molecule has 0 bridgehead atoms. The average molecular weight is 262 g/mol. The molecule has 0 heterocycles. The summed E-state index contributed by atoms with van der Waals surface area (Å²) in [4.78, 5) is 1.24. The maximum atomic E-state index is 10.5. The molecule has 2 unspecified atom stereocenters. The lowest BCUT2D eigenvalue weighted by molar-refractivity contribution is 0.0194. The lowest BCUT2D eigenvalue weighted by Crippen LogP contribution is -2.42. The number of allylic oxidation sites excluding steroid dienone is 1. The van der Waals surface area contributed by atoms with Gasteiger partial charge in [0.2, 0.25) is 0 Å². The lowest BCUT2D eigenvalue weighted by Gasteiger charge is -2.40. The Morgan fingerprint density at radius 3 is 2.67 bits per heavy atom. The molecule has 0 radical (unpaired) electrons. The highest BCUT2D eigenvalue weighted by molar-refractivity contribution is 8.00. The molecule has 0 aliphatic heterocycles. The number of benzene rings is 1. The molecule has 1 aromatic rings. The molecule has 0 saturated heterocycles. The van der Waals surface area contributed by atoms with Crippen LogP contribution in [0.3, 0.4) is 0 Å². The van der Waals surface area contributed by atoms with Crippen LogP contribution >= 0.6 is 11.8 Å². The molecule has 1 aromatic carbocycles. The van der Waals surface area contributed by atoms with Gasteiger partial charge in [0.15, 0.2) is 0 Å². The summed E-state index contributed by atoms with van der Waals surface area (Å²) in [5, 5.41) is 10.8. The van der Waals surface area contributed by atoms with Gasteiger partial charge in [-0.25, -0.2) is 0 Å². The Hall–Kier alpha value is -0.730. The molecular weight excluding hydrogens is 240 g/mol. The Bertz CT molecular complexity index is 410. The van der Waals surface area contributed by atoms with Crippen molar-refractivity contribution in [3.63, 3.8) is 0 Å². The Labute approximate surface area is 114 Å². The van der Waals surface area contributed by atoms with Crippen molar-refractivity contribution in [2.24, 2.45) is 5.92 Å². The summed E-state index contributed by atoms with van der Waals surface area (Å²) < 4.78 is 0. The molecule has 1 saturated carbocycles. The molecule has 18 heavy (non-hydrogen) atoms. The van der Waals surface area contributed by atoms with Gasteiger partial charge in [-0.2, -0.15) is 0 Å². The van der Waals surface area contributed by atoms with Crippen molar-refractivity contribution < 1.29 is 5.11 Å². The van der Waals surface area contributed by atoms with E-state index >= 15 is 0 Å². The highest BCUT2D eigenvalue weighted by Gasteiger charge is 2.39. The summed E-state index contributed by atoms with van der Waals surface area (Å²) in [6.07, 6.45) is 2.96. The van der Waals surface area contributed by atoms with Gasteiger partial charge in [-0.05, 0) is 51.2 Å². The van der Waals surface area contributed by atoms with E-state index in [9.17, 15) is 5.11 Å². The fraction of sp³-hybridized carbons (Fsp3) is 0.500. The number of hydrogen-bond acceptors (Lipinski definition) is 2. The number of thioether (sulfide) groups is 1. The van der Waals surface area contributed by atoms with Crippen LogP contribution in [0.1, 0.15) is 33.1 Å². The first-order chi connectivity index (χ1) is 8.49. The summed E-state index contributed by atoms with van der Waals surface area (Å²) in [6, 6.07) is 10.4. The van der Waals surface area contributed by atoms with Crippen molar-refractivity contribution in [3.8, 4) is 0 Å². The van der Waals surface area contributed by atoms with Crippen molar-refractivity contribution in [3.05, 3.63) is 42.5 Å². The van der Waals surface area contributed by atoms with Crippen molar-refractivity contribution in [2.45, 2.75) is 48.9 Å². The SMILES string of the molecule is C=C(C)[C@@H]1CCC(C)(O)C(Sc2ccccc2)C1. The standard InChI is InChI=1S/C16H22OS/c1-12(2)13-9-10-16(3,17)15(11-13)18-14-7-5-4-6-8-14/h4-8,13,15,17H,1,9-11H2,2-3H3/t13-,15?,16?/m1/s1. The summed E-state index contributed by atoms with van der Waals surface area (Å²) in [5.74, 6) is 0.562. The van der Waals surface area contributed by atoms with Crippen LogP contribution < -0.4 is 0 Å². The summed E-state index contributed by atoms with van der Waals surface area (Å²) >= 11 is 1.80. The van der Waals surface area contributed by atoms with E-state index in [2.05, 4.69) is 37.8 Å². The zero-order valence-electron chi connectivity index (χ0n) is 11.2. The molecular formula is C16H22OS. The zero-order valence-corrected chi connectivity index (χ0v) is 12.0. The summed E-state index contributed by atoms with van der Waals surface area (Å²) in [5.41, 5.74) is 0.691. The molecule has 3 atom stereocenters. The minimum atomic E-state index is -0.563. The number of hydrogen-bond donors (Lipinski definition) is 1. The van der Waals surface area contributed by atoms with E-state index in [-0.39, 0.29) is 5.25 Å². The third-order valence-electron chi connectivity index (χ3n) is 3.91. The van der Waals surface area contributed by atoms with Gasteiger partial charge in [-0.3, -0.25) is 0 Å². The molecule has 1 nitrogen and oxygen atoms in total. The van der Waals surface area contributed by atoms with Crippen LogP contribution in [0, 0.1) is 5.92 Å². The van der Waals surface area contributed by atoms with Crippen LogP contribution in [0.2, 0.25) is 0 Å². The van der Waals surface area contributed by atoms with E-state index in [0.29, 0.717) is 5.92 Å². The van der Waals surface area contributed by atoms with Crippen LogP contribution in [0.25, 0.3) is 0 Å². The third-order valence-corrected chi connectivity index (χ3v) is 5.44. The van der Waals surface area contributed by atoms with Crippen LogP contribution in [-0.2, 0) is 0 Å². The number of rotatable bonds is 3. The highest BCUT2D eigenvalue weighted by atomic mass is 32.2. The number of aliphatic hydroxyl groups is 1. The predicted octanol–water partition coefficient (Wildman–Crippen LogP) is 4.27. The highest BCUT2D eigenvalue weighted by Crippen LogP contribution is 2.43. The lowest BCUT2D eigenvalue weighted by atomic mass is 9.77. The van der Waals surface area contributed by atoms with Crippen LogP contribution in [0.5, 0.6) is 0 Å². The molecule has 0 aromatic heterocycles. The van der Waals surface area contributed by atoms with E-state index in [0.717, 1.165) is 19.3 Å². The second-order valence-corrected chi connectivity index (χ2v) is 6.87. The first-order valence-electron chi connectivity index (χ1n) is 6.58. The average Bonchev–Trinajstić information content (AvgIpc) is 2.33. The molecule has 0 spiro atoms. The van der Waals surface area contributed by atoms with Gasteiger partial charge in [0, 0.05) is 10.1 Å². The molecule has 1 N–H and O–H groups in total. The maximum absolute atomic E-state index is 10.5. The van der Waals surface area contributed by atoms with Crippen molar-refractivity contribution in [1.29, 1.82) is 0 Å². The van der Waals surface area contributed by atoms with E-state index in [1.807, 2.05) is 13.0 Å². The van der Waals surface area contributed by atoms with Gasteiger partial charge in [0.25, 0.3) is 0 Å². The monoisotopic (exact) mass is 262 g/mol. The molecule has 98 valence electrons. The molecule has 2 heteroatoms. The largest absolute Gasteiger partial charge is 0.389 e. The van der Waals surface area contributed by atoms with Gasteiger partial charge in [-0.1, -0.05) is 30.4 Å². The molecule has 1 aliphatic carbocycles. The molecule has 0 amide bonds. The first kappa shape index (κ1) is 13.7. The Balaban J connectivity index is 2.10. The van der Waals surface area contributed by atoms with E-state index in [4.69, 9.17) is 0 Å². The van der Waals surface area contributed by atoms with E-state index in [1.54, 1.807) is 11.8 Å². The van der Waals surface area contributed by atoms with Crippen LogP contribution in [0.15, 0.2) is 47.4 Å². The Kier molecular flexibility index (Phi) is 4.18. The van der Waals surface area contributed by atoms with Gasteiger partial charge >= 0.3 is 0 Å². The smallest absolute Gasteiger partial charge is 0.0741 e. The van der Waals surface area contributed by atoms with Gasteiger partial charge < -0.3 is 5.11 Å². The molecule has 1 fully saturated rings. The summed E-state index contributed by atoms with van der Waals surface area (Å²) in [7, 11) is 0. The molecule has 1 aliphatic rings. The van der Waals surface area contributed by atoms with Crippen LogP contribution in [0.4, 0.5) is 0 Å². The van der Waals surface area contributed by atoms with Crippen molar-refractivity contribution in [2.75, 3.05) is 0 Å². The van der Waals surface area contributed by atoms with E-state index in [1.165, 1.54) is 10.5 Å². The minimum Gasteiger partial charge on any atom is -0.389 e. The topological polar surface area (TPSA) is 20.2 Å². The molecule has 2 rings (SSSR count). The van der Waals surface area contributed by atoms with E-state index < -0.39 is 5.60 Å². The zero-order chi connectivity index (χ0) is 13.2.